The molecule has 2 aromatic carbocycles. The third-order valence-corrected chi connectivity index (χ3v) is 6.59. The maximum Gasteiger partial charge on any atom is 0.410 e. The number of esters is 2. The van der Waals surface area contributed by atoms with Crippen LogP contribution in [-0.2, 0) is 28.5 Å². The Labute approximate surface area is 293 Å². The molecule has 0 bridgehead atoms. The van der Waals surface area contributed by atoms with E-state index in [1.807, 2.05) is 0 Å². The Morgan fingerprint density at radius 3 is 1.52 bits per heavy atom. The first-order valence-corrected chi connectivity index (χ1v) is 15.7. The Hall–Kier alpha value is -4.89. The Bertz CT molecular complexity index is 1370. The van der Waals surface area contributed by atoms with Gasteiger partial charge in [-0.3, -0.25) is 0 Å². The van der Waals surface area contributed by atoms with Gasteiger partial charge < -0.3 is 57.0 Å². The normalized spacial score (nSPS) is 11.1. The lowest BCUT2D eigenvalue weighted by Crippen LogP contribution is -2.40. The maximum atomic E-state index is 12.8. The molecule has 2 aromatic rings. The molecule has 0 heterocycles. The number of carbonyl (C=O) groups excluding carboxylic acids is 3. The van der Waals surface area contributed by atoms with E-state index in [0.29, 0.717) is 40.1 Å². The molecule has 0 spiro atoms. The topological polar surface area (TPSA) is 156 Å². The van der Waals surface area contributed by atoms with Crippen LogP contribution in [0.3, 0.4) is 0 Å². The molecule has 0 saturated heterocycles. The standard InChI is InChI=1S/C35H49NO14/c1-35(2,3)50-34(39)36(13-15-47-17-19-49-33(38)25-22-28(42-6)32(45-9)29(23-25)43-7)12-14-46-16-18-48-30(37)11-10-24-20-26(40-4)31(44-8)27(21-24)41-5/h10-11,20-23H,12-19H2,1-9H3/b11-10+. The SMILES string of the molecule is COc1cc(/C=C/C(=O)OCCOCCN(CCOCCOC(=O)c2cc(OC)c(OC)c(OC)c2)C(=O)OC(C)(C)C)cc(OC)c1OC. The van der Waals surface area contributed by atoms with Gasteiger partial charge in [-0.05, 0) is 56.7 Å². The van der Waals surface area contributed by atoms with Crippen LogP contribution >= 0.6 is 0 Å². The fraction of sp³-hybridized carbons (Fsp3) is 0.514. The van der Waals surface area contributed by atoms with Crippen molar-refractivity contribution in [3.05, 3.63) is 41.5 Å². The second kappa shape index (κ2) is 21.3. The van der Waals surface area contributed by atoms with Crippen molar-refractivity contribution in [3.8, 4) is 34.5 Å². The Balaban J connectivity index is 1.78. The molecule has 0 fully saturated rings. The molecule has 0 atom stereocenters. The van der Waals surface area contributed by atoms with Crippen molar-refractivity contribution in [2.24, 2.45) is 0 Å². The predicted octanol–water partition coefficient (Wildman–Crippen LogP) is 4.42. The van der Waals surface area contributed by atoms with Crippen LogP contribution in [0.25, 0.3) is 6.08 Å². The first kappa shape index (κ1) is 41.3. The van der Waals surface area contributed by atoms with E-state index in [1.54, 1.807) is 39.0 Å². The van der Waals surface area contributed by atoms with Gasteiger partial charge in [0, 0.05) is 19.2 Å². The summed E-state index contributed by atoms with van der Waals surface area (Å²) in [6.45, 7) is 6.18. The van der Waals surface area contributed by atoms with Crippen LogP contribution in [0.2, 0.25) is 0 Å². The molecule has 0 radical (unpaired) electrons. The minimum atomic E-state index is -0.706. The fourth-order valence-corrected chi connectivity index (χ4v) is 4.26. The molecule has 0 saturated carbocycles. The molecule has 50 heavy (non-hydrogen) atoms. The molecule has 0 unspecified atom stereocenters. The summed E-state index contributed by atoms with van der Waals surface area (Å²) in [4.78, 5) is 39.0. The van der Waals surface area contributed by atoms with Crippen LogP contribution in [0.4, 0.5) is 4.79 Å². The number of methoxy groups -OCH3 is 6. The predicted molar refractivity (Wildman–Crippen MR) is 182 cm³/mol. The quantitative estimate of drug-likeness (QED) is 0.0778. The van der Waals surface area contributed by atoms with Gasteiger partial charge in [0.05, 0.1) is 74.6 Å². The molecule has 0 aliphatic rings. The van der Waals surface area contributed by atoms with Crippen LogP contribution < -0.4 is 28.4 Å². The van der Waals surface area contributed by atoms with Crippen molar-refractivity contribution < 1.29 is 66.5 Å². The highest BCUT2D eigenvalue weighted by molar-refractivity contribution is 5.91. The lowest BCUT2D eigenvalue weighted by atomic mass is 10.1. The smallest absolute Gasteiger partial charge is 0.410 e. The summed E-state index contributed by atoms with van der Waals surface area (Å²) in [6, 6.07) is 6.38. The second-order valence-electron chi connectivity index (χ2n) is 11.2. The van der Waals surface area contributed by atoms with Gasteiger partial charge in [-0.15, -0.1) is 0 Å². The maximum absolute atomic E-state index is 12.8. The average molecular weight is 708 g/mol. The molecular formula is C35H49NO14. The average Bonchev–Trinajstić information content (AvgIpc) is 3.10. The summed E-state index contributed by atoms with van der Waals surface area (Å²) in [5.74, 6) is 1.19. The van der Waals surface area contributed by atoms with Crippen LogP contribution in [0.5, 0.6) is 34.5 Å². The van der Waals surface area contributed by atoms with E-state index < -0.39 is 23.6 Å². The largest absolute Gasteiger partial charge is 0.493 e. The summed E-state index contributed by atoms with van der Waals surface area (Å²) in [5.41, 5.74) is 0.162. The monoisotopic (exact) mass is 707 g/mol. The van der Waals surface area contributed by atoms with Gasteiger partial charge in [0.15, 0.2) is 23.0 Å². The summed E-state index contributed by atoms with van der Waals surface area (Å²) in [7, 11) is 8.88. The van der Waals surface area contributed by atoms with Crippen molar-refractivity contribution in [2.75, 3.05) is 95.4 Å². The third kappa shape index (κ3) is 13.6. The van der Waals surface area contributed by atoms with E-state index >= 15 is 0 Å². The number of amides is 1. The van der Waals surface area contributed by atoms with Crippen LogP contribution in [0.1, 0.15) is 36.7 Å². The third-order valence-electron chi connectivity index (χ3n) is 6.59. The Kier molecular flexibility index (Phi) is 17.5. The summed E-state index contributed by atoms with van der Waals surface area (Å²) < 4.78 is 59.0. The minimum Gasteiger partial charge on any atom is -0.493 e. The van der Waals surface area contributed by atoms with E-state index in [-0.39, 0.29) is 58.3 Å². The van der Waals surface area contributed by atoms with Gasteiger partial charge in [0.25, 0.3) is 0 Å². The zero-order valence-corrected chi connectivity index (χ0v) is 30.3. The highest BCUT2D eigenvalue weighted by atomic mass is 16.6. The highest BCUT2D eigenvalue weighted by Gasteiger charge is 2.22. The van der Waals surface area contributed by atoms with Crippen LogP contribution in [0.15, 0.2) is 30.3 Å². The number of ether oxygens (including phenoxy) is 11. The number of nitrogens with zero attached hydrogens (tertiary/aromatic N) is 1. The van der Waals surface area contributed by atoms with E-state index in [4.69, 9.17) is 52.1 Å². The molecule has 0 N–H and O–H groups in total. The van der Waals surface area contributed by atoms with E-state index in [0.717, 1.165) is 0 Å². The minimum absolute atomic E-state index is 0.00276. The number of hydrogen-bond acceptors (Lipinski definition) is 14. The summed E-state index contributed by atoms with van der Waals surface area (Å²) in [5, 5.41) is 0. The van der Waals surface area contributed by atoms with Gasteiger partial charge >= 0.3 is 18.0 Å². The molecule has 15 nitrogen and oxygen atoms in total. The number of hydrogen-bond donors (Lipinski definition) is 0. The van der Waals surface area contributed by atoms with Crippen LogP contribution in [-0.4, -0.2) is 124 Å². The summed E-state index contributed by atoms with van der Waals surface area (Å²) in [6.07, 6.45) is 2.30. The first-order valence-electron chi connectivity index (χ1n) is 15.7. The molecule has 2 rings (SSSR count). The van der Waals surface area contributed by atoms with Crippen molar-refractivity contribution in [3.63, 3.8) is 0 Å². The molecular weight excluding hydrogens is 658 g/mol. The van der Waals surface area contributed by atoms with Crippen LogP contribution in [0, 0.1) is 0 Å². The molecule has 278 valence electrons. The van der Waals surface area contributed by atoms with Gasteiger partial charge in [-0.2, -0.15) is 0 Å². The Morgan fingerprint density at radius 1 is 0.620 bits per heavy atom. The second-order valence-corrected chi connectivity index (χ2v) is 11.2. The zero-order valence-electron chi connectivity index (χ0n) is 30.3. The van der Waals surface area contributed by atoms with Gasteiger partial charge in [-0.1, -0.05) is 0 Å². The highest BCUT2D eigenvalue weighted by Crippen LogP contribution is 2.39. The fourth-order valence-electron chi connectivity index (χ4n) is 4.26. The molecule has 0 aliphatic carbocycles. The van der Waals surface area contributed by atoms with E-state index in [2.05, 4.69) is 0 Å². The van der Waals surface area contributed by atoms with E-state index in [9.17, 15) is 14.4 Å². The van der Waals surface area contributed by atoms with Crippen molar-refractivity contribution in [1.82, 2.24) is 4.90 Å². The molecule has 15 heteroatoms. The number of benzene rings is 2. The van der Waals surface area contributed by atoms with Gasteiger partial charge in [0.2, 0.25) is 11.5 Å². The lowest BCUT2D eigenvalue weighted by Gasteiger charge is -2.27. The Morgan fingerprint density at radius 2 is 1.08 bits per heavy atom. The number of carbonyl (C=O) groups is 3. The summed E-state index contributed by atoms with van der Waals surface area (Å²) >= 11 is 0. The van der Waals surface area contributed by atoms with Gasteiger partial charge in [0.1, 0.15) is 18.8 Å². The zero-order chi connectivity index (χ0) is 37.1. The van der Waals surface area contributed by atoms with Crippen molar-refractivity contribution in [2.45, 2.75) is 26.4 Å². The lowest BCUT2D eigenvalue weighted by molar-refractivity contribution is -0.139. The molecule has 1 amide bonds. The van der Waals surface area contributed by atoms with Crippen molar-refractivity contribution in [1.29, 1.82) is 0 Å². The van der Waals surface area contributed by atoms with E-state index in [1.165, 1.54) is 65.8 Å². The number of rotatable bonds is 21. The van der Waals surface area contributed by atoms with Gasteiger partial charge in [-0.25, -0.2) is 14.4 Å². The molecule has 0 aliphatic heterocycles. The molecule has 0 aromatic heterocycles. The first-order chi connectivity index (χ1) is 23.9. The van der Waals surface area contributed by atoms with Crippen molar-refractivity contribution >= 4 is 24.1 Å².